The van der Waals surface area contributed by atoms with Gasteiger partial charge in [0.05, 0.1) is 0 Å². The molecule has 1 N–H and O–H groups in total. The average Bonchev–Trinajstić information content (AvgIpc) is 2.21. The first-order valence-corrected chi connectivity index (χ1v) is 5.01. The molecule has 72 valence electrons. The summed E-state index contributed by atoms with van der Waals surface area (Å²) < 4.78 is 0. The van der Waals surface area contributed by atoms with Crippen LogP contribution in [0.4, 0.5) is 0 Å². The molecule has 1 rings (SSSR count). The van der Waals surface area contributed by atoms with Crippen LogP contribution < -0.4 is 0 Å². The molecule has 0 aliphatic rings. The van der Waals surface area contributed by atoms with Crippen LogP contribution in [0.5, 0.6) is 0 Å². The van der Waals surface area contributed by atoms with Crippen molar-refractivity contribution < 1.29 is 5.11 Å². The predicted molar refractivity (Wildman–Crippen MR) is 55.6 cm³/mol. The second-order valence-electron chi connectivity index (χ2n) is 3.48. The highest BCUT2D eigenvalue weighted by Gasteiger charge is 2.03. The molecule has 0 saturated carbocycles. The van der Waals surface area contributed by atoms with Crippen molar-refractivity contribution in [2.45, 2.75) is 26.2 Å². The molecule has 0 radical (unpaired) electrons. The first kappa shape index (κ1) is 10.3. The van der Waals surface area contributed by atoms with E-state index in [-0.39, 0.29) is 0 Å². The van der Waals surface area contributed by atoms with Gasteiger partial charge in [-0.15, -0.1) is 0 Å². The van der Waals surface area contributed by atoms with Crippen LogP contribution in [0.25, 0.3) is 0 Å². The molecule has 1 nitrogen and oxygen atoms in total. The van der Waals surface area contributed by atoms with Crippen LogP contribution >= 0.6 is 0 Å². The quantitative estimate of drug-likeness (QED) is 0.735. The molecule has 0 aliphatic heterocycles. The Morgan fingerprint density at radius 2 is 1.92 bits per heavy atom. The van der Waals surface area contributed by atoms with Gasteiger partial charge in [0.25, 0.3) is 0 Å². The fraction of sp³-hybridized carbons (Fsp3) is 0.500. The maximum Gasteiger partial charge on any atom is 0.0459 e. The average molecular weight is 178 g/mol. The molecule has 0 saturated heterocycles. The molecular weight excluding hydrogens is 160 g/mol. The standard InChI is InChI=1S/C12H18O/c1-2-11(10-13)8-9-12-6-4-3-5-7-12/h3-7,11,13H,2,8-10H2,1H3/t11-/m0/s1. The lowest BCUT2D eigenvalue weighted by molar-refractivity contribution is 0.215. The zero-order valence-corrected chi connectivity index (χ0v) is 8.24. The highest BCUT2D eigenvalue weighted by atomic mass is 16.3. The topological polar surface area (TPSA) is 20.2 Å². The normalized spacial score (nSPS) is 12.8. The Bertz CT molecular complexity index is 214. The zero-order chi connectivity index (χ0) is 9.52. The molecule has 0 bridgehead atoms. The first-order chi connectivity index (χ1) is 6.36. The lowest BCUT2D eigenvalue weighted by Crippen LogP contribution is -2.05. The summed E-state index contributed by atoms with van der Waals surface area (Å²) in [6.45, 7) is 2.45. The minimum Gasteiger partial charge on any atom is -0.396 e. The van der Waals surface area contributed by atoms with Gasteiger partial charge < -0.3 is 5.11 Å². The molecule has 1 heteroatoms. The van der Waals surface area contributed by atoms with Crippen molar-refractivity contribution in [3.05, 3.63) is 35.9 Å². The SMILES string of the molecule is CC[C@H](CO)CCc1ccccc1. The third-order valence-corrected chi connectivity index (χ3v) is 2.52. The summed E-state index contributed by atoms with van der Waals surface area (Å²) in [4.78, 5) is 0. The fourth-order valence-corrected chi connectivity index (χ4v) is 1.44. The molecule has 0 amide bonds. The number of aliphatic hydroxyl groups excluding tert-OH is 1. The molecule has 0 heterocycles. The van der Waals surface area contributed by atoms with E-state index in [0.717, 1.165) is 19.3 Å². The van der Waals surface area contributed by atoms with Crippen molar-refractivity contribution in [3.63, 3.8) is 0 Å². The van der Waals surface area contributed by atoms with Crippen molar-refractivity contribution in [3.8, 4) is 0 Å². The van der Waals surface area contributed by atoms with E-state index >= 15 is 0 Å². The van der Waals surface area contributed by atoms with Gasteiger partial charge in [-0.05, 0) is 24.3 Å². The second-order valence-corrected chi connectivity index (χ2v) is 3.48. The van der Waals surface area contributed by atoms with E-state index in [1.807, 2.05) is 6.07 Å². The Labute approximate surface area is 80.4 Å². The van der Waals surface area contributed by atoms with E-state index < -0.39 is 0 Å². The summed E-state index contributed by atoms with van der Waals surface area (Å²) in [6.07, 6.45) is 3.25. The number of aliphatic hydroxyl groups is 1. The van der Waals surface area contributed by atoms with E-state index in [4.69, 9.17) is 5.11 Å². The molecule has 13 heavy (non-hydrogen) atoms. The second kappa shape index (κ2) is 5.76. The van der Waals surface area contributed by atoms with Crippen LogP contribution in [0.15, 0.2) is 30.3 Å². The van der Waals surface area contributed by atoms with Crippen LogP contribution in [-0.2, 0) is 6.42 Å². The minimum atomic E-state index is 0.323. The maximum atomic E-state index is 9.00. The minimum absolute atomic E-state index is 0.323. The number of hydrogen-bond donors (Lipinski definition) is 1. The third-order valence-electron chi connectivity index (χ3n) is 2.52. The van der Waals surface area contributed by atoms with Crippen LogP contribution in [0.2, 0.25) is 0 Å². The number of hydrogen-bond acceptors (Lipinski definition) is 1. The largest absolute Gasteiger partial charge is 0.396 e. The molecule has 0 aliphatic carbocycles. The van der Waals surface area contributed by atoms with Gasteiger partial charge in [-0.3, -0.25) is 0 Å². The van der Waals surface area contributed by atoms with Crippen LogP contribution in [0.3, 0.4) is 0 Å². The smallest absolute Gasteiger partial charge is 0.0459 e. The van der Waals surface area contributed by atoms with Crippen molar-refractivity contribution in [1.29, 1.82) is 0 Å². The van der Waals surface area contributed by atoms with Crippen molar-refractivity contribution in [2.24, 2.45) is 5.92 Å². The monoisotopic (exact) mass is 178 g/mol. The molecule has 0 fully saturated rings. The van der Waals surface area contributed by atoms with Crippen molar-refractivity contribution in [1.82, 2.24) is 0 Å². The Kier molecular flexibility index (Phi) is 4.55. The first-order valence-electron chi connectivity index (χ1n) is 5.01. The summed E-state index contributed by atoms with van der Waals surface area (Å²) in [7, 11) is 0. The molecule has 0 spiro atoms. The number of rotatable bonds is 5. The number of aryl methyl sites for hydroxylation is 1. The summed E-state index contributed by atoms with van der Waals surface area (Å²) >= 11 is 0. The summed E-state index contributed by atoms with van der Waals surface area (Å²) in [5.74, 6) is 0.472. The Hall–Kier alpha value is -0.820. The lowest BCUT2D eigenvalue weighted by atomic mass is 9.98. The fourth-order valence-electron chi connectivity index (χ4n) is 1.44. The van der Waals surface area contributed by atoms with E-state index in [0.29, 0.717) is 12.5 Å². The van der Waals surface area contributed by atoms with Crippen molar-refractivity contribution in [2.75, 3.05) is 6.61 Å². The molecule has 1 atom stereocenters. The van der Waals surface area contributed by atoms with Crippen molar-refractivity contribution >= 4 is 0 Å². The van der Waals surface area contributed by atoms with E-state index in [1.54, 1.807) is 0 Å². The van der Waals surface area contributed by atoms with E-state index in [9.17, 15) is 0 Å². The molecular formula is C12H18O. The maximum absolute atomic E-state index is 9.00. The van der Waals surface area contributed by atoms with E-state index in [1.165, 1.54) is 5.56 Å². The molecule has 1 aromatic carbocycles. The van der Waals surface area contributed by atoms with Crippen LogP contribution in [-0.4, -0.2) is 11.7 Å². The van der Waals surface area contributed by atoms with Gasteiger partial charge in [-0.25, -0.2) is 0 Å². The van der Waals surface area contributed by atoms with Crippen LogP contribution in [0, 0.1) is 5.92 Å². The van der Waals surface area contributed by atoms with Gasteiger partial charge in [0.1, 0.15) is 0 Å². The van der Waals surface area contributed by atoms with Gasteiger partial charge >= 0.3 is 0 Å². The van der Waals surface area contributed by atoms with Gasteiger partial charge in [0.2, 0.25) is 0 Å². The zero-order valence-electron chi connectivity index (χ0n) is 8.24. The summed E-state index contributed by atoms with van der Waals surface area (Å²) in [6, 6.07) is 10.4. The predicted octanol–water partition coefficient (Wildman–Crippen LogP) is 2.64. The Balaban J connectivity index is 2.34. The number of benzene rings is 1. The van der Waals surface area contributed by atoms with Gasteiger partial charge in [0.15, 0.2) is 0 Å². The lowest BCUT2D eigenvalue weighted by Gasteiger charge is -2.10. The van der Waals surface area contributed by atoms with Crippen LogP contribution in [0.1, 0.15) is 25.3 Å². The Morgan fingerprint density at radius 1 is 1.23 bits per heavy atom. The molecule has 0 unspecified atom stereocenters. The van der Waals surface area contributed by atoms with Gasteiger partial charge in [-0.2, -0.15) is 0 Å². The van der Waals surface area contributed by atoms with Gasteiger partial charge in [-0.1, -0.05) is 43.7 Å². The van der Waals surface area contributed by atoms with E-state index in [2.05, 4.69) is 31.2 Å². The summed E-state index contributed by atoms with van der Waals surface area (Å²) in [5.41, 5.74) is 1.37. The molecule has 1 aromatic rings. The molecule has 0 aromatic heterocycles. The summed E-state index contributed by atoms with van der Waals surface area (Å²) in [5, 5.41) is 9.00. The van der Waals surface area contributed by atoms with Gasteiger partial charge in [0, 0.05) is 6.61 Å². The highest BCUT2D eigenvalue weighted by molar-refractivity contribution is 5.14. The highest BCUT2D eigenvalue weighted by Crippen LogP contribution is 2.11. The third kappa shape index (κ3) is 3.60. The Morgan fingerprint density at radius 3 is 2.46 bits per heavy atom.